The Hall–Kier alpha value is -0.990. The van der Waals surface area contributed by atoms with E-state index >= 15 is 0 Å². The molecule has 0 aromatic heterocycles. The first-order valence-corrected chi connectivity index (χ1v) is 8.58. The molecule has 0 bridgehead atoms. The zero-order valence-corrected chi connectivity index (χ0v) is 12.4. The van der Waals surface area contributed by atoms with Crippen molar-refractivity contribution in [3.05, 3.63) is 0 Å². The molecular formula is C12H21N3O4S. The average molecular weight is 303 g/mol. The molecule has 2 aliphatic heterocycles. The van der Waals surface area contributed by atoms with E-state index in [1.807, 2.05) is 0 Å². The van der Waals surface area contributed by atoms with Gasteiger partial charge in [0.15, 0.2) is 0 Å². The highest BCUT2D eigenvalue weighted by atomic mass is 32.2. The van der Waals surface area contributed by atoms with Crippen LogP contribution in [0.1, 0.15) is 32.1 Å². The Balaban J connectivity index is 1.84. The molecule has 2 rings (SSSR count). The third kappa shape index (κ3) is 3.77. The summed E-state index contributed by atoms with van der Waals surface area (Å²) < 4.78 is 26.3. The van der Waals surface area contributed by atoms with Gasteiger partial charge in [-0.3, -0.25) is 14.5 Å². The molecule has 7 nitrogen and oxygen atoms in total. The number of hydrogen-bond acceptors (Lipinski definition) is 5. The Morgan fingerprint density at radius 1 is 1.35 bits per heavy atom. The van der Waals surface area contributed by atoms with Gasteiger partial charge in [-0.2, -0.15) is 0 Å². The van der Waals surface area contributed by atoms with Crippen LogP contribution in [0.2, 0.25) is 0 Å². The van der Waals surface area contributed by atoms with Crippen LogP contribution >= 0.6 is 0 Å². The summed E-state index contributed by atoms with van der Waals surface area (Å²) >= 11 is 0. The molecular weight excluding hydrogens is 282 g/mol. The topological polar surface area (TPSA) is 95.6 Å². The molecule has 2 aliphatic rings. The minimum Gasteiger partial charge on any atom is -0.314 e. The zero-order chi connectivity index (χ0) is 14.8. The van der Waals surface area contributed by atoms with Gasteiger partial charge in [-0.25, -0.2) is 13.1 Å². The van der Waals surface area contributed by atoms with E-state index in [-0.39, 0.29) is 24.1 Å². The SMILES string of the molecule is CN1C(=O)CC(NS(=O)(=O)CCC2CCCCN2)C1=O. The van der Waals surface area contributed by atoms with Crippen molar-refractivity contribution in [3.8, 4) is 0 Å². The van der Waals surface area contributed by atoms with Crippen molar-refractivity contribution in [2.24, 2.45) is 0 Å². The van der Waals surface area contributed by atoms with Crippen molar-refractivity contribution in [2.75, 3.05) is 19.3 Å². The summed E-state index contributed by atoms with van der Waals surface area (Å²) in [6, 6.07) is -0.708. The van der Waals surface area contributed by atoms with Crippen LogP contribution < -0.4 is 10.0 Å². The smallest absolute Gasteiger partial charge is 0.247 e. The fourth-order valence-electron chi connectivity index (χ4n) is 2.59. The molecule has 0 radical (unpaired) electrons. The van der Waals surface area contributed by atoms with E-state index < -0.39 is 22.0 Å². The van der Waals surface area contributed by atoms with E-state index in [2.05, 4.69) is 10.0 Å². The molecule has 0 aromatic rings. The molecule has 2 heterocycles. The molecule has 0 aliphatic carbocycles. The first kappa shape index (κ1) is 15.4. The Morgan fingerprint density at radius 3 is 2.65 bits per heavy atom. The third-order valence-electron chi connectivity index (χ3n) is 3.85. The van der Waals surface area contributed by atoms with E-state index in [1.165, 1.54) is 7.05 Å². The fraction of sp³-hybridized carbons (Fsp3) is 0.833. The fourth-order valence-corrected chi connectivity index (χ4v) is 3.92. The number of rotatable bonds is 5. The highest BCUT2D eigenvalue weighted by molar-refractivity contribution is 7.89. The van der Waals surface area contributed by atoms with Gasteiger partial charge >= 0.3 is 0 Å². The van der Waals surface area contributed by atoms with Crippen LogP contribution in [0, 0.1) is 0 Å². The largest absolute Gasteiger partial charge is 0.314 e. The first-order chi connectivity index (χ1) is 9.39. The molecule has 2 unspecified atom stereocenters. The van der Waals surface area contributed by atoms with Crippen molar-refractivity contribution in [1.82, 2.24) is 14.9 Å². The van der Waals surface area contributed by atoms with E-state index in [1.54, 1.807) is 0 Å². The number of piperidine rings is 1. The van der Waals surface area contributed by atoms with Gasteiger partial charge in [0.1, 0.15) is 6.04 Å². The number of hydrogen-bond donors (Lipinski definition) is 2. The number of carbonyl (C=O) groups is 2. The Bertz CT molecular complexity index is 485. The molecule has 0 saturated carbocycles. The van der Waals surface area contributed by atoms with Gasteiger partial charge in [0.2, 0.25) is 21.8 Å². The van der Waals surface area contributed by atoms with Crippen molar-refractivity contribution in [1.29, 1.82) is 0 Å². The maximum Gasteiger partial charge on any atom is 0.247 e. The lowest BCUT2D eigenvalue weighted by atomic mass is 10.0. The molecule has 0 aromatic carbocycles. The quantitative estimate of drug-likeness (QED) is 0.648. The van der Waals surface area contributed by atoms with Crippen molar-refractivity contribution in [3.63, 3.8) is 0 Å². The normalized spacial score (nSPS) is 28.1. The number of carbonyl (C=O) groups excluding carboxylic acids is 2. The monoisotopic (exact) mass is 303 g/mol. The summed E-state index contributed by atoms with van der Waals surface area (Å²) in [5.41, 5.74) is 0. The predicted octanol–water partition coefficient (Wildman–Crippen LogP) is -0.805. The lowest BCUT2D eigenvalue weighted by Crippen LogP contribution is -2.43. The Kier molecular flexibility index (Phi) is 4.77. The minimum absolute atomic E-state index is 0.0215. The second-order valence-corrected chi connectivity index (χ2v) is 7.29. The highest BCUT2D eigenvalue weighted by Gasteiger charge is 2.38. The zero-order valence-electron chi connectivity index (χ0n) is 11.6. The predicted molar refractivity (Wildman–Crippen MR) is 73.4 cm³/mol. The van der Waals surface area contributed by atoms with Crippen LogP contribution in [0.25, 0.3) is 0 Å². The second-order valence-electron chi connectivity index (χ2n) is 5.42. The minimum atomic E-state index is -3.53. The van der Waals surface area contributed by atoms with Gasteiger partial charge in [-0.05, 0) is 25.8 Å². The van der Waals surface area contributed by atoms with E-state index in [0.29, 0.717) is 6.42 Å². The van der Waals surface area contributed by atoms with E-state index in [4.69, 9.17) is 0 Å². The van der Waals surface area contributed by atoms with Crippen LogP contribution in [-0.2, 0) is 19.6 Å². The molecule has 20 heavy (non-hydrogen) atoms. The number of nitrogens with one attached hydrogen (secondary N) is 2. The van der Waals surface area contributed by atoms with Gasteiger partial charge in [0.25, 0.3) is 0 Å². The van der Waals surface area contributed by atoms with Gasteiger partial charge in [-0.15, -0.1) is 0 Å². The lowest BCUT2D eigenvalue weighted by molar-refractivity contribution is -0.137. The van der Waals surface area contributed by atoms with E-state index in [0.717, 1.165) is 30.7 Å². The standard InChI is InChI=1S/C12H21N3O4S/c1-15-11(16)8-10(12(15)17)14-20(18,19)7-5-9-4-2-3-6-13-9/h9-10,13-14H,2-8H2,1H3. The summed E-state index contributed by atoms with van der Waals surface area (Å²) in [5.74, 6) is -0.849. The molecule has 2 fully saturated rings. The number of amides is 2. The Morgan fingerprint density at radius 2 is 2.10 bits per heavy atom. The summed E-state index contributed by atoms with van der Waals surface area (Å²) in [6.45, 7) is 0.929. The molecule has 2 saturated heterocycles. The summed E-state index contributed by atoms with van der Waals surface area (Å²) in [6.07, 6.45) is 3.67. The summed E-state index contributed by atoms with van der Waals surface area (Å²) in [5, 5.41) is 3.29. The maximum absolute atomic E-state index is 12.0. The number of likely N-dealkylation sites (tertiary alicyclic amines) is 1. The number of sulfonamides is 1. The lowest BCUT2D eigenvalue weighted by Gasteiger charge is -2.23. The van der Waals surface area contributed by atoms with Crippen molar-refractivity contribution in [2.45, 2.75) is 44.2 Å². The summed E-state index contributed by atoms with van der Waals surface area (Å²) in [4.78, 5) is 24.0. The number of imide groups is 1. The van der Waals surface area contributed by atoms with Gasteiger partial charge in [-0.1, -0.05) is 6.42 Å². The second kappa shape index (κ2) is 6.19. The van der Waals surface area contributed by atoms with Gasteiger partial charge in [0, 0.05) is 13.1 Å². The van der Waals surface area contributed by atoms with Crippen LogP contribution in [0.3, 0.4) is 0 Å². The van der Waals surface area contributed by atoms with E-state index in [9.17, 15) is 18.0 Å². The van der Waals surface area contributed by atoms with Gasteiger partial charge in [0.05, 0.1) is 12.2 Å². The van der Waals surface area contributed by atoms with Crippen LogP contribution in [0.4, 0.5) is 0 Å². The number of nitrogens with zero attached hydrogens (tertiary/aromatic N) is 1. The molecule has 114 valence electrons. The molecule has 8 heteroatoms. The number of likely N-dealkylation sites (N-methyl/N-ethyl adjacent to an activating group) is 1. The third-order valence-corrected chi connectivity index (χ3v) is 5.27. The van der Waals surface area contributed by atoms with Crippen molar-refractivity contribution < 1.29 is 18.0 Å². The summed E-state index contributed by atoms with van der Waals surface area (Å²) in [7, 11) is -2.17. The molecule has 2 N–H and O–H groups in total. The van der Waals surface area contributed by atoms with Crippen LogP contribution in [0.5, 0.6) is 0 Å². The van der Waals surface area contributed by atoms with Crippen molar-refractivity contribution >= 4 is 21.8 Å². The highest BCUT2D eigenvalue weighted by Crippen LogP contribution is 2.14. The molecule has 2 amide bonds. The molecule has 2 atom stereocenters. The van der Waals surface area contributed by atoms with Crippen LogP contribution in [0.15, 0.2) is 0 Å². The van der Waals surface area contributed by atoms with Gasteiger partial charge < -0.3 is 5.32 Å². The first-order valence-electron chi connectivity index (χ1n) is 6.93. The Labute approximate surface area is 119 Å². The molecule has 0 spiro atoms. The average Bonchev–Trinajstić information content (AvgIpc) is 2.65. The maximum atomic E-state index is 12.0. The van der Waals surface area contributed by atoms with Crippen LogP contribution in [-0.4, -0.2) is 56.6 Å².